The fourth-order valence-electron chi connectivity index (χ4n) is 4.03. The number of aryl methyl sites for hydroxylation is 1. The Bertz CT molecular complexity index is 1140. The van der Waals surface area contributed by atoms with Gasteiger partial charge in [0.1, 0.15) is 12.6 Å². The molecule has 0 saturated heterocycles. The Morgan fingerprint density at radius 2 is 1.48 bits per heavy atom. The van der Waals surface area contributed by atoms with Crippen molar-refractivity contribution >= 4 is 23.7 Å². The zero-order valence-corrected chi connectivity index (χ0v) is 18.1. The van der Waals surface area contributed by atoms with E-state index in [9.17, 15) is 19.5 Å². The van der Waals surface area contributed by atoms with Crippen molar-refractivity contribution < 1.29 is 24.2 Å². The van der Waals surface area contributed by atoms with Gasteiger partial charge in [-0.3, -0.25) is 9.59 Å². The molecule has 0 aromatic heterocycles. The third-order valence-electron chi connectivity index (χ3n) is 5.65. The number of carbonyl (C=O) groups excluding carboxylic acids is 2. The van der Waals surface area contributed by atoms with Crippen LogP contribution in [0.4, 0.5) is 10.5 Å². The number of rotatable bonds is 7. The molecule has 33 heavy (non-hydrogen) atoms. The van der Waals surface area contributed by atoms with Crippen LogP contribution in [0.15, 0.2) is 72.8 Å². The summed E-state index contributed by atoms with van der Waals surface area (Å²) in [5, 5.41) is 14.2. The van der Waals surface area contributed by atoms with E-state index in [1.54, 1.807) is 12.1 Å². The number of carbonyl (C=O) groups is 3. The summed E-state index contributed by atoms with van der Waals surface area (Å²) >= 11 is 0. The van der Waals surface area contributed by atoms with Gasteiger partial charge in [0.2, 0.25) is 5.91 Å². The summed E-state index contributed by atoms with van der Waals surface area (Å²) in [5.41, 5.74) is 5.85. The number of hydrogen-bond acceptors (Lipinski definition) is 4. The Hall–Kier alpha value is -4.13. The molecule has 0 saturated carbocycles. The smallest absolute Gasteiger partial charge is 0.407 e. The zero-order valence-electron chi connectivity index (χ0n) is 18.1. The third kappa shape index (κ3) is 5.03. The first-order valence-corrected chi connectivity index (χ1v) is 10.6. The van der Waals surface area contributed by atoms with Crippen molar-refractivity contribution in [2.75, 3.05) is 11.9 Å². The van der Waals surface area contributed by atoms with Crippen LogP contribution in [-0.2, 0) is 14.3 Å². The second-order valence-corrected chi connectivity index (χ2v) is 7.98. The summed E-state index contributed by atoms with van der Waals surface area (Å²) in [6.45, 7) is 1.98. The molecule has 4 rings (SSSR count). The average Bonchev–Trinajstić information content (AvgIpc) is 3.12. The lowest BCUT2D eigenvalue weighted by Gasteiger charge is -2.19. The van der Waals surface area contributed by atoms with Gasteiger partial charge in [0.25, 0.3) is 0 Å². The van der Waals surface area contributed by atoms with E-state index in [1.807, 2.05) is 67.6 Å². The number of nitrogens with one attached hydrogen (secondary N) is 2. The van der Waals surface area contributed by atoms with Crippen LogP contribution in [0.25, 0.3) is 11.1 Å². The summed E-state index contributed by atoms with van der Waals surface area (Å²) in [6, 6.07) is 21.7. The maximum absolute atomic E-state index is 12.6. The molecule has 0 aliphatic heterocycles. The number of hydrogen-bond donors (Lipinski definition) is 3. The topological polar surface area (TPSA) is 105 Å². The molecule has 0 bridgehead atoms. The van der Waals surface area contributed by atoms with E-state index in [4.69, 9.17) is 4.74 Å². The Morgan fingerprint density at radius 3 is 2.06 bits per heavy atom. The number of alkyl carbamates (subject to hydrolysis) is 1. The number of aliphatic carboxylic acids is 1. The predicted octanol–water partition coefficient (Wildman–Crippen LogP) is 4.32. The monoisotopic (exact) mass is 444 g/mol. The lowest BCUT2D eigenvalue weighted by Crippen LogP contribution is -2.45. The van der Waals surface area contributed by atoms with Crippen molar-refractivity contribution in [3.8, 4) is 11.1 Å². The Labute approximate surface area is 191 Å². The lowest BCUT2D eigenvalue weighted by atomic mass is 9.98. The van der Waals surface area contributed by atoms with Crippen LogP contribution in [0.3, 0.4) is 0 Å². The fourth-order valence-corrected chi connectivity index (χ4v) is 4.03. The largest absolute Gasteiger partial charge is 0.481 e. The summed E-state index contributed by atoms with van der Waals surface area (Å²) in [7, 11) is 0. The highest BCUT2D eigenvalue weighted by molar-refractivity contribution is 5.98. The first-order valence-electron chi connectivity index (χ1n) is 10.6. The Morgan fingerprint density at radius 1 is 0.909 bits per heavy atom. The van der Waals surface area contributed by atoms with Crippen molar-refractivity contribution in [2.24, 2.45) is 0 Å². The first kappa shape index (κ1) is 22.1. The summed E-state index contributed by atoms with van der Waals surface area (Å²) in [5.74, 6) is -1.98. The van der Waals surface area contributed by atoms with E-state index >= 15 is 0 Å². The summed E-state index contributed by atoms with van der Waals surface area (Å²) in [4.78, 5) is 36.4. The normalized spacial score (nSPS) is 12.9. The van der Waals surface area contributed by atoms with Gasteiger partial charge in [0, 0.05) is 11.6 Å². The van der Waals surface area contributed by atoms with Gasteiger partial charge in [-0.05, 0) is 41.3 Å². The van der Waals surface area contributed by atoms with Gasteiger partial charge in [-0.1, -0.05) is 66.2 Å². The number of carboxylic acid groups (broad SMARTS) is 1. The zero-order chi connectivity index (χ0) is 23.4. The quantitative estimate of drug-likeness (QED) is 0.504. The third-order valence-corrected chi connectivity index (χ3v) is 5.65. The Kier molecular flexibility index (Phi) is 6.40. The van der Waals surface area contributed by atoms with E-state index in [1.165, 1.54) is 0 Å². The second-order valence-electron chi connectivity index (χ2n) is 7.98. The molecular weight excluding hydrogens is 420 g/mol. The molecule has 0 spiro atoms. The molecular formula is C26H24N2O5. The molecule has 0 unspecified atom stereocenters. The van der Waals surface area contributed by atoms with Crippen molar-refractivity contribution in [3.63, 3.8) is 0 Å². The van der Waals surface area contributed by atoms with Crippen molar-refractivity contribution in [3.05, 3.63) is 89.5 Å². The number of amides is 2. The number of anilines is 1. The SMILES string of the molecule is Cc1ccc(NC(=O)[C@H](CC(=O)O)NC(=O)OCC2c3ccccc3-c3ccccc32)cc1. The molecule has 3 aromatic carbocycles. The van der Waals surface area contributed by atoms with Gasteiger partial charge < -0.3 is 20.5 Å². The van der Waals surface area contributed by atoms with Crippen LogP contribution >= 0.6 is 0 Å². The van der Waals surface area contributed by atoms with Crippen LogP contribution < -0.4 is 10.6 Å². The maximum atomic E-state index is 12.6. The maximum Gasteiger partial charge on any atom is 0.407 e. The molecule has 1 aliphatic rings. The fraction of sp³-hybridized carbons (Fsp3) is 0.192. The second kappa shape index (κ2) is 9.56. The van der Waals surface area contributed by atoms with Gasteiger partial charge >= 0.3 is 12.1 Å². The summed E-state index contributed by atoms with van der Waals surface area (Å²) in [6.07, 6.45) is -1.41. The average molecular weight is 444 g/mol. The van der Waals surface area contributed by atoms with Crippen molar-refractivity contribution in [1.82, 2.24) is 5.32 Å². The molecule has 1 atom stereocenters. The Balaban J connectivity index is 1.42. The standard InChI is InChI=1S/C26H24N2O5/c1-16-10-12-17(13-11-16)27-25(31)23(14-24(29)30)28-26(32)33-15-22-20-8-4-2-6-18(20)19-7-3-5-9-21(19)22/h2-13,22-23H,14-15H2,1H3,(H,27,31)(H,28,32)(H,29,30)/t23-/m0/s1. The minimum atomic E-state index is -1.28. The molecule has 3 aromatic rings. The van der Waals surface area contributed by atoms with E-state index in [2.05, 4.69) is 10.6 Å². The van der Waals surface area contributed by atoms with Gasteiger partial charge in [0.15, 0.2) is 0 Å². The first-order chi connectivity index (χ1) is 15.9. The molecule has 168 valence electrons. The highest BCUT2D eigenvalue weighted by Crippen LogP contribution is 2.44. The molecule has 1 aliphatic carbocycles. The van der Waals surface area contributed by atoms with E-state index < -0.39 is 30.4 Å². The van der Waals surface area contributed by atoms with Crippen molar-refractivity contribution in [2.45, 2.75) is 25.3 Å². The van der Waals surface area contributed by atoms with Gasteiger partial charge in [-0.2, -0.15) is 0 Å². The number of benzene rings is 3. The van der Waals surface area contributed by atoms with Gasteiger partial charge in [-0.25, -0.2) is 4.79 Å². The van der Waals surface area contributed by atoms with Crippen LogP contribution in [0.1, 0.15) is 29.0 Å². The van der Waals surface area contributed by atoms with E-state index in [0.717, 1.165) is 27.8 Å². The van der Waals surface area contributed by atoms with Gasteiger partial charge in [0.05, 0.1) is 6.42 Å². The lowest BCUT2D eigenvalue weighted by molar-refractivity contribution is -0.139. The van der Waals surface area contributed by atoms with Crippen molar-refractivity contribution in [1.29, 1.82) is 0 Å². The van der Waals surface area contributed by atoms with Crippen LogP contribution in [-0.4, -0.2) is 35.7 Å². The molecule has 0 radical (unpaired) electrons. The highest BCUT2D eigenvalue weighted by Gasteiger charge is 2.30. The minimum Gasteiger partial charge on any atom is -0.481 e. The van der Waals surface area contributed by atoms with E-state index in [-0.39, 0.29) is 12.5 Å². The molecule has 7 heteroatoms. The van der Waals surface area contributed by atoms with Crippen LogP contribution in [0.2, 0.25) is 0 Å². The van der Waals surface area contributed by atoms with Crippen LogP contribution in [0.5, 0.6) is 0 Å². The van der Waals surface area contributed by atoms with Crippen LogP contribution in [0, 0.1) is 6.92 Å². The molecule has 7 nitrogen and oxygen atoms in total. The highest BCUT2D eigenvalue weighted by atomic mass is 16.5. The molecule has 0 heterocycles. The van der Waals surface area contributed by atoms with Gasteiger partial charge in [-0.15, -0.1) is 0 Å². The predicted molar refractivity (Wildman–Crippen MR) is 124 cm³/mol. The number of ether oxygens (including phenoxy) is 1. The molecule has 0 fully saturated rings. The number of fused-ring (bicyclic) bond motifs is 3. The molecule has 2 amide bonds. The molecule has 3 N–H and O–H groups in total. The summed E-state index contributed by atoms with van der Waals surface area (Å²) < 4.78 is 5.44. The van der Waals surface area contributed by atoms with E-state index in [0.29, 0.717) is 5.69 Å². The number of carboxylic acids is 1. The minimum absolute atomic E-state index is 0.0687.